The average molecular weight is 282 g/mol. The minimum absolute atomic E-state index is 0.281. The lowest BCUT2D eigenvalue weighted by atomic mass is 10.3. The second kappa shape index (κ2) is 6.31. The lowest BCUT2D eigenvalue weighted by Gasteiger charge is -2.10. The van der Waals surface area contributed by atoms with Crippen LogP contribution < -0.4 is 5.32 Å². The van der Waals surface area contributed by atoms with Gasteiger partial charge < -0.3 is 10.1 Å². The first-order chi connectivity index (χ1) is 8.72. The lowest BCUT2D eigenvalue weighted by molar-refractivity contribution is 0.190. The maximum atomic E-state index is 5.10. The minimum atomic E-state index is 0.281. The molecular weight excluding hydrogens is 264 g/mol. The predicted molar refractivity (Wildman–Crippen MR) is 79.8 cm³/mol. The van der Waals surface area contributed by atoms with Gasteiger partial charge in [0.25, 0.3) is 0 Å². The Morgan fingerprint density at radius 1 is 1.44 bits per heavy atom. The summed E-state index contributed by atoms with van der Waals surface area (Å²) < 4.78 is 5.10. The monoisotopic (exact) mass is 282 g/mol. The minimum Gasteiger partial charge on any atom is -0.383 e. The summed E-state index contributed by atoms with van der Waals surface area (Å²) in [6.45, 7) is 4.95. The first kappa shape index (κ1) is 13.5. The van der Waals surface area contributed by atoms with E-state index in [1.54, 1.807) is 18.4 Å². The maximum Gasteiger partial charge on any atom is 0.183 e. The van der Waals surface area contributed by atoms with E-state index >= 15 is 0 Å². The molecule has 0 amide bonds. The summed E-state index contributed by atoms with van der Waals surface area (Å²) in [4.78, 5) is 7.26. The van der Waals surface area contributed by atoms with Gasteiger partial charge in [0, 0.05) is 23.4 Å². The van der Waals surface area contributed by atoms with Crippen molar-refractivity contribution in [1.29, 1.82) is 0 Å². The van der Waals surface area contributed by atoms with Gasteiger partial charge in [-0.05, 0) is 25.5 Å². The van der Waals surface area contributed by atoms with E-state index in [1.807, 2.05) is 11.3 Å². The fourth-order valence-electron chi connectivity index (χ4n) is 1.66. The number of aryl methyl sites for hydroxylation is 1. The van der Waals surface area contributed by atoms with Crippen molar-refractivity contribution in [2.75, 3.05) is 19.0 Å². The van der Waals surface area contributed by atoms with Gasteiger partial charge in [-0.15, -0.1) is 22.7 Å². The van der Waals surface area contributed by atoms with Crippen LogP contribution in [0.3, 0.4) is 0 Å². The smallest absolute Gasteiger partial charge is 0.183 e. The molecule has 0 saturated carbocycles. The van der Waals surface area contributed by atoms with Crippen LogP contribution in [0.15, 0.2) is 17.5 Å². The van der Waals surface area contributed by atoms with Crippen LogP contribution in [-0.4, -0.2) is 24.7 Å². The van der Waals surface area contributed by atoms with Gasteiger partial charge in [0.1, 0.15) is 0 Å². The molecule has 0 aliphatic rings. The third-order valence-electron chi connectivity index (χ3n) is 2.55. The molecule has 18 heavy (non-hydrogen) atoms. The molecule has 2 heterocycles. The second-order valence-electron chi connectivity index (χ2n) is 4.16. The van der Waals surface area contributed by atoms with Crippen molar-refractivity contribution in [2.24, 2.45) is 0 Å². The lowest BCUT2D eigenvalue weighted by Crippen LogP contribution is -2.20. The Morgan fingerprint density at radius 2 is 2.28 bits per heavy atom. The van der Waals surface area contributed by atoms with E-state index in [9.17, 15) is 0 Å². The van der Waals surface area contributed by atoms with E-state index in [0.717, 1.165) is 17.2 Å². The normalized spacial score (nSPS) is 12.6. The standard InChI is InChI=1S/C13H18N2OS2/c1-4-10-5-6-12(18-10)11-8-17-13(15-11)14-9(2)7-16-3/h5-6,8-9H,4,7H2,1-3H3,(H,14,15)/t9-/m1/s1. The molecule has 0 bridgehead atoms. The number of nitrogens with zero attached hydrogens (tertiary/aromatic N) is 1. The molecule has 2 rings (SSSR count). The predicted octanol–water partition coefficient (Wildman–Crippen LogP) is 3.88. The highest BCUT2D eigenvalue weighted by Crippen LogP contribution is 2.31. The Kier molecular flexibility index (Phi) is 4.74. The molecule has 0 aliphatic heterocycles. The molecule has 0 spiro atoms. The summed E-state index contributed by atoms with van der Waals surface area (Å²) in [6.07, 6.45) is 1.09. The van der Waals surface area contributed by atoms with Gasteiger partial charge in [0.05, 0.1) is 17.2 Å². The zero-order chi connectivity index (χ0) is 13.0. The number of thiazole rings is 1. The number of aromatic nitrogens is 1. The first-order valence-corrected chi connectivity index (χ1v) is 7.72. The molecule has 0 aromatic carbocycles. The van der Waals surface area contributed by atoms with Crippen LogP contribution in [0.4, 0.5) is 5.13 Å². The molecule has 3 nitrogen and oxygen atoms in total. The molecule has 0 unspecified atom stereocenters. The number of hydrogen-bond acceptors (Lipinski definition) is 5. The summed E-state index contributed by atoms with van der Waals surface area (Å²) in [5.74, 6) is 0. The largest absolute Gasteiger partial charge is 0.383 e. The SMILES string of the molecule is CCc1ccc(-c2csc(N[C@H](C)COC)n2)s1. The molecule has 0 aliphatic carbocycles. The molecule has 0 fully saturated rings. The zero-order valence-corrected chi connectivity index (χ0v) is 12.5. The van der Waals surface area contributed by atoms with Crippen LogP contribution in [0.1, 0.15) is 18.7 Å². The molecular formula is C13H18N2OS2. The molecule has 1 N–H and O–H groups in total. The quantitative estimate of drug-likeness (QED) is 0.873. The van der Waals surface area contributed by atoms with Crippen molar-refractivity contribution in [1.82, 2.24) is 4.98 Å². The van der Waals surface area contributed by atoms with Gasteiger partial charge in [0.2, 0.25) is 0 Å². The topological polar surface area (TPSA) is 34.1 Å². The Balaban J connectivity index is 2.05. The Morgan fingerprint density at radius 3 is 2.94 bits per heavy atom. The first-order valence-electron chi connectivity index (χ1n) is 6.03. The van der Waals surface area contributed by atoms with Crippen molar-refractivity contribution >= 4 is 27.8 Å². The zero-order valence-electron chi connectivity index (χ0n) is 10.9. The van der Waals surface area contributed by atoms with Crippen LogP contribution in [0.25, 0.3) is 10.6 Å². The summed E-state index contributed by atoms with van der Waals surface area (Å²) >= 11 is 3.46. The van der Waals surface area contributed by atoms with Crippen molar-refractivity contribution in [3.63, 3.8) is 0 Å². The van der Waals surface area contributed by atoms with E-state index in [4.69, 9.17) is 4.74 Å². The van der Waals surface area contributed by atoms with Crippen molar-refractivity contribution < 1.29 is 4.74 Å². The highest BCUT2D eigenvalue weighted by atomic mass is 32.1. The number of ether oxygens (including phenoxy) is 1. The van der Waals surface area contributed by atoms with E-state index in [-0.39, 0.29) is 6.04 Å². The third-order valence-corrected chi connectivity index (χ3v) is 4.58. The summed E-state index contributed by atoms with van der Waals surface area (Å²) in [5, 5.41) is 6.40. The Hall–Kier alpha value is -0.910. The number of thiophene rings is 1. The number of anilines is 1. The van der Waals surface area contributed by atoms with Gasteiger partial charge in [-0.3, -0.25) is 0 Å². The number of hydrogen-bond donors (Lipinski definition) is 1. The Labute approximate surface area is 116 Å². The van der Waals surface area contributed by atoms with Crippen LogP contribution in [0.5, 0.6) is 0 Å². The van der Waals surface area contributed by atoms with Crippen molar-refractivity contribution in [2.45, 2.75) is 26.3 Å². The van der Waals surface area contributed by atoms with Crippen LogP contribution in [0.2, 0.25) is 0 Å². The summed E-state index contributed by atoms with van der Waals surface area (Å²) in [7, 11) is 1.71. The highest BCUT2D eigenvalue weighted by molar-refractivity contribution is 7.17. The molecule has 98 valence electrons. The molecule has 2 aromatic heterocycles. The molecule has 5 heteroatoms. The van der Waals surface area contributed by atoms with E-state index in [2.05, 4.69) is 41.7 Å². The average Bonchev–Trinajstić information content (AvgIpc) is 2.96. The second-order valence-corrected chi connectivity index (χ2v) is 6.18. The van der Waals surface area contributed by atoms with Crippen LogP contribution >= 0.6 is 22.7 Å². The van der Waals surface area contributed by atoms with Crippen molar-refractivity contribution in [3.8, 4) is 10.6 Å². The number of methoxy groups -OCH3 is 1. The van der Waals surface area contributed by atoms with Gasteiger partial charge >= 0.3 is 0 Å². The van der Waals surface area contributed by atoms with Crippen molar-refractivity contribution in [3.05, 3.63) is 22.4 Å². The van der Waals surface area contributed by atoms with E-state index in [1.165, 1.54) is 9.75 Å². The molecule has 0 radical (unpaired) electrons. The Bertz CT molecular complexity index is 493. The molecule has 1 atom stereocenters. The summed E-state index contributed by atoms with van der Waals surface area (Å²) in [6, 6.07) is 4.62. The third kappa shape index (κ3) is 3.31. The fourth-order valence-corrected chi connectivity index (χ4v) is 3.47. The fraction of sp³-hybridized carbons (Fsp3) is 0.462. The maximum absolute atomic E-state index is 5.10. The van der Waals surface area contributed by atoms with Gasteiger partial charge in [-0.2, -0.15) is 0 Å². The molecule has 2 aromatic rings. The number of rotatable bonds is 6. The molecule has 0 saturated heterocycles. The summed E-state index contributed by atoms with van der Waals surface area (Å²) in [5.41, 5.74) is 1.07. The van der Waals surface area contributed by atoms with Gasteiger partial charge in [0.15, 0.2) is 5.13 Å². The number of nitrogens with one attached hydrogen (secondary N) is 1. The highest BCUT2D eigenvalue weighted by Gasteiger charge is 2.09. The van der Waals surface area contributed by atoms with E-state index in [0.29, 0.717) is 6.61 Å². The van der Waals surface area contributed by atoms with Crippen LogP contribution in [0, 0.1) is 0 Å². The van der Waals surface area contributed by atoms with Gasteiger partial charge in [-0.25, -0.2) is 4.98 Å². The van der Waals surface area contributed by atoms with E-state index < -0.39 is 0 Å². The van der Waals surface area contributed by atoms with Crippen LogP contribution in [-0.2, 0) is 11.2 Å². The van der Waals surface area contributed by atoms with Gasteiger partial charge in [-0.1, -0.05) is 6.92 Å².